The molecule has 5 nitrogen and oxygen atoms in total. The highest BCUT2D eigenvalue weighted by Crippen LogP contribution is 2.19. The summed E-state index contributed by atoms with van der Waals surface area (Å²) >= 11 is 5.90. The minimum absolute atomic E-state index is 0.153. The molecule has 9 heteroatoms. The third-order valence-corrected chi connectivity index (χ3v) is 6.21. The van der Waals surface area contributed by atoms with Crippen LogP contribution in [-0.2, 0) is 10.0 Å². The van der Waals surface area contributed by atoms with E-state index in [0.717, 1.165) is 44.0 Å². The summed E-state index contributed by atoms with van der Waals surface area (Å²) < 4.78 is 53.3. The maximum atomic E-state index is 13.7. The van der Waals surface area contributed by atoms with Crippen LogP contribution in [0.5, 0.6) is 0 Å². The first-order valence-corrected chi connectivity index (χ1v) is 10.4. The van der Waals surface area contributed by atoms with Crippen molar-refractivity contribution in [1.82, 2.24) is 9.62 Å². The molecule has 0 saturated carbocycles. The predicted molar refractivity (Wildman–Crippen MR) is 102 cm³/mol. The fraction of sp³-hybridized carbons (Fsp3) is 0.333. The van der Waals surface area contributed by atoms with E-state index in [1.54, 1.807) is 0 Å². The highest BCUT2D eigenvalue weighted by atomic mass is 35.5. The highest BCUT2D eigenvalue weighted by molar-refractivity contribution is 7.89. The quantitative estimate of drug-likeness (QED) is 0.788. The Morgan fingerprint density at radius 3 is 2.30 bits per heavy atom. The number of halogens is 3. The average molecular weight is 416 g/mol. The number of nitrogens with one attached hydrogen (secondary N) is 1. The Morgan fingerprint density at radius 1 is 1.00 bits per heavy atom. The predicted octanol–water partition coefficient (Wildman–Crippen LogP) is 2.72. The van der Waals surface area contributed by atoms with Crippen molar-refractivity contribution in [3.63, 3.8) is 0 Å². The van der Waals surface area contributed by atoms with Gasteiger partial charge >= 0.3 is 0 Å². The molecular formula is C18H20ClF2N3O2S. The SMILES string of the molecule is O=S(=O)(NCCN1CCN(c2ccc(Cl)cc2)CC1)c1ccc(F)cc1F. The Balaban J connectivity index is 1.48. The lowest BCUT2D eigenvalue weighted by atomic mass is 10.2. The van der Waals surface area contributed by atoms with Crippen LogP contribution in [-0.4, -0.2) is 52.6 Å². The van der Waals surface area contributed by atoms with Gasteiger partial charge in [0.1, 0.15) is 16.5 Å². The minimum atomic E-state index is -4.01. The van der Waals surface area contributed by atoms with Crippen molar-refractivity contribution >= 4 is 27.3 Å². The van der Waals surface area contributed by atoms with Gasteiger partial charge in [0.05, 0.1) is 0 Å². The zero-order valence-electron chi connectivity index (χ0n) is 14.5. The highest BCUT2D eigenvalue weighted by Gasteiger charge is 2.21. The molecule has 0 aromatic heterocycles. The molecule has 0 bridgehead atoms. The molecule has 1 fully saturated rings. The first-order chi connectivity index (χ1) is 12.8. The van der Waals surface area contributed by atoms with Gasteiger partial charge in [-0.1, -0.05) is 11.6 Å². The molecule has 2 aromatic rings. The second kappa shape index (κ2) is 8.52. The second-order valence-corrected chi connectivity index (χ2v) is 8.45. The number of nitrogens with zero attached hydrogens (tertiary/aromatic N) is 2. The Labute approximate surface area is 162 Å². The van der Waals surface area contributed by atoms with E-state index in [2.05, 4.69) is 14.5 Å². The van der Waals surface area contributed by atoms with E-state index in [-0.39, 0.29) is 6.54 Å². The zero-order valence-corrected chi connectivity index (χ0v) is 16.1. The van der Waals surface area contributed by atoms with Gasteiger partial charge in [0.2, 0.25) is 10.0 Å². The van der Waals surface area contributed by atoms with Gasteiger partial charge < -0.3 is 4.90 Å². The number of hydrogen-bond donors (Lipinski definition) is 1. The Bertz CT molecular complexity index is 886. The molecule has 0 unspecified atom stereocenters. The summed E-state index contributed by atoms with van der Waals surface area (Å²) in [5.41, 5.74) is 1.10. The van der Waals surface area contributed by atoms with Crippen LogP contribution in [0.1, 0.15) is 0 Å². The Morgan fingerprint density at radius 2 is 1.67 bits per heavy atom. The van der Waals surface area contributed by atoms with Gasteiger partial charge in [-0.15, -0.1) is 0 Å². The molecule has 0 spiro atoms. The van der Waals surface area contributed by atoms with Crippen molar-refractivity contribution in [2.45, 2.75) is 4.90 Å². The molecule has 146 valence electrons. The van der Waals surface area contributed by atoms with Gasteiger partial charge in [-0.2, -0.15) is 0 Å². The average Bonchev–Trinajstić information content (AvgIpc) is 2.62. The van der Waals surface area contributed by atoms with Gasteiger partial charge in [-0.3, -0.25) is 4.90 Å². The van der Waals surface area contributed by atoms with E-state index in [4.69, 9.17) is 11.6 Å². The van der Waals surface area contributed by atoms with Gasteiger partial charge in [0.25, 0.3) is 0 Å². The van der Waals surface area contributed by atoms with E-state index in [0.29, 0.717) is 17.6 Å². The van der Waals surface area contributed by atoms with Crippen molar-refractivity contribution in [1.29, 1.82) is 0 Å². The van der Waals surface area contributed by atoms with Crippen LogP contribution in [0.3, 0.4) is 0 Å². The normalized spacial score (nSPS) is 15.9. The molecule has 0 radical (unpaired) electrons. The van der Waals surface area contributed by atoms with Crippen LogP contribution in [0.15, 0.2) is 47.4 Å². The summed E-state index contributed by atoms with van der Waals surface area (Å²) in [4.78, 5) is 3.83. The molecule has 27 heavy (non-hydrogen) atoms. The summed E-state index contributed by atoms with van der Waals surface area (Å²) in [6.07, 6.45) is 0. The van der Waals surface area contributed by atoms with Gasteiger partial charge in [-0.25, -0.2) is 21.9 Å². The molecule has 2 aromatic carbocycles. The summed E-state index contributed by atoms with van der Waals surface area (Å²) in [7, 11) is -4.01. The number of benzene rings is 2. The summed E-state index contributed by atoms with van der Waals surface area (Å²) in [6, 6.07) is 10.1. The van der Waals surface area contributed by atoms with Gasteiger partial charge in [0, 0.05) is 56.0 Å². The molecule has 1 aliphatic rings. The van der Waals surface area contributed by atoms with Crippen molar-refractivity contribution in [3.8, 4) is 0 Å². The Hall–Kier alpha value is -1.74. The zero-order chi connectivity index (χ0) is 19.4. The van der Waals surface area contributed by atoms with Crippen LogP contribution in [0.2, 0.25) is 5.02 Å². The van der Waals surface area contributed by atoms with Crippen LogP contribution in [0.25, 0.3) is 0 Å². The lowest BCUT2D eigenvalue weighted by Gasteiger charge is -2.36. The van der Waals surface area contributed by atoms with Gasteiger partial charge in [-0.05, 0) is 36.4 Å². The molecule has 1 saturated heterocycles. The molecule has 1 N–H and O–H groups in total. The molecule has 0 atom stereocenters. The maximum Gasteiger partial charge on any atom is 0.243 e. The number of anilines is 1. The van der Waals surface area contributed by atoms with E-state index in [9.17, 15) is 17.2 Å². The van der Waals surface area contributed by atoms with Crippen LogP contribution in [0, 0.1) is 11.6 Å². The van der Waals surface area contributed by atoms with Crippen molar-refractivity contribution in [2.75, 3.05) is 44.2 Å². The third kappa shape index (κ3) is 5.16. The topological polar surface area (TPSA) is 52.7 Å². The van der Waals surface area contributed by atoms with Crippen molar-refractivity contribution < 1.29 is 17.2 Å². The third-order valence-electron chi connectivity index (χ3n) is 4.47. The summed E-state index contributed by atoms with van der Waals surface area (Å²) in [5.74, 6) is -1.91. The van der Waals surface area contributed by atoms with Crippen LogP contribution in [0.4, 0.5) is 14.5 Å². The fourth-order valence-electron chi connectivity index (χ4n) is 2.99. The molecule has 1 aliphatic heterocycles. The first-order valence-electron chi connectivity index (χ1n) is 8.53. The van der Waals surface area contributed by atoms with E-state index >= 15 is 0 Å². The molecule has 3 rings (SSSR count). The smallest absolute Gasteiger partial charge is 0.243 e. The summed E-state index contributed by atoms with van der Waals surface area (Å²) in [5, 5.41) is 0.697. The minimum Gasteiger partial charge on any atom is -0.369 e. The van der Waals surface area contributed by atoms with Crippen molar-refractivity contribution in [2.24, 2.45) is 0 Å². The van der Waals surface area contributed by atoms with Crippen LogP contribution >= 0.6 is 11.6 Å². The largest absolute Gasteiger partial charge is 0.369 e. The monoisotopic (exact) mass is 415 g/mol. The van der Waals surface area contributed by atoms with E-state index in [1.807, 2.05) is 24.3 Å². The molecule has 0 amide bonds. The number of hydrogen-bond acceptors (Lipinski definition) is 4. The number of rotatable bonds is 6. The standard InChI is InChI=1S/C18H20ClF2N3O2S/c19-14-1-4-16(5-2-14)24-11-9-23(10-12-24)8-7-22-27(25,26)18-6-3-15(20)13-17(18)21/h1-6,13,22H,7-12H2. The number of piperazine rings is 1. The second-order valence-electron chi connectivity index (χ2n) is 6.28. The lowest BCUT2D eigenvalue weighted by molar-refractivity contribution is 0.262. The molecular weight excluding hydrogens is 396 g/mol. The van der Waals surface area contributed by atoms with Crippen LogP contribution < -0.4 is 9.62 Å². The summed E-state index contributed by atoms with van der Waals surface area (Å²) in [6.45, 7) is 3.88. The van der Waals surface area contributed by atoms with Gasteiger partial charge in [0.15, 0.2) is 0 Å². The van der Waals surface area contributed by atoms with E-state index in [1.165, 1.54) is 0 Å². The van der Waals surface area contributed by atoms with Crippen molar-refractivity contribution in [3.05, 3.63) is 59.1 Å². The first kappa shape index (κ1) is 20.0. The number of sulfonamides is 1. The van der Waals surface area contributed by atoms with E-state index < -0.39 is 26.6 Å². The fourth-order valence-corrected chi connectivity index (χ4v) is 4.19. The lowest BCUT2D eigenvalue weighted by Crippen LogP contribution is -2.48. The maximum absolute atomic E-state index is 13.7. The molecule has 0 aliphatic carbocycles. The molecule has 1 heterocycles. The Kier molecular flexibility index (Phi) is 6.31.